The van der Waals surface area contributed by atoms with Crippen LogP contribution in [0.25, 0.3) is 0 Å². The van der Waals surface area contributed by atoms with Crippen LogP contribution in [-0.2, 0) is 0 Å². The van der Waals surface area contributed by atoms with Crippen LogP contribution >= 0.6 is 0 Å². The molecule has 0 fully saturated rings. The largest absolute Gasteiger partial charge is 0.291 e. The number of nitrogens with zero attached hydrogens (tertiary/aromatic N) is 2. The normalized spacial score (nSPS) is 11.6. The van der Waals surface area contributed by atoms with Gasteiger partial charge in [0.25, 0.3) is 11.6 Å². The van der Waals surface area contributed by atoms with Crippen molar-refractivity contribution >= 4 is 11.6 Å². The lowest BCUT2D eigenvalue weighted by Gasteiger charge is -2.14. The number of nitro groups is 1. The maximum Gasteiger partial charge on any atom is 0.269 e. The first-order valence-electron chi connectivity index (χ1n) is 20.5. The molecule has 0 atom stereocenters. The summed E-state index contributed by atoms with van der Waals surface area (Å²) in [6, 6.07) is 5.91. The van der Waals surface area contributed by atoms with Crippen LogP contribution in [-0.4, -0.2) is 15.7 Å². The number of unbranched alkanes of at least 4 members (excludes halogenated alkanes) is 28. The first-order chi connectivity index (χ1) is 23.6. The first-order valence-corrected chi connectivity index (χ1v) is 20.5. The number of rotatable bonds is 34. The average molecular weight is 667 g/mol. The SMILES string of the molecule is CCCCCCCCCCCCCCCCC=CN(C=CCCCCCCCCCCCCCCCC)C(=O)c1ccc([N+](=O)[O-])cc1. The van der Waals surface area contributed by atoms with E-state index in [-0.39, 0.29) is 11.6 Å². The zero-order valence-electron chi connectivity index (χ0n) is 31.5. The third-order valence-corrected chi connectivity index (χ3v) is 9.54. The van der Waals surface area contributed by atoms with Gasteiger partial charge in [0.15, 0.2) is 0 Å². The standard InChI is InChI=1S/C43H74N2O3/c1-3-5-7-9-11-13-15-17-19-21-23-25-27-29-31-33-39-44(43(46)41-35-37-42(38-36-41)45(47)48)40-34-32-30-28-26-24-22-20-18-16-14-12-10-8-6-4-2/h33-40H,3-32H2,1-2H3. The summed E-state index contributed by atoms with van der Waals surface area (Å²) < 4.78 is 0. The van der Waals surface area contributed by atoms with Crippen molar-refractivity contribution in [1.29, 1.82) is 0 Å². The molecule has 5 nitrogen and oxygen atoms in total. The Hall–Kier alpha value is -2.43. The number of carbonyl (C=O) groups is 1. The van der Waals surface area contributed by atoms with Crippen LogP contribution < -0.4 is 0 Å². The molecule has 0 saturated heterocycles. The van der Waals surface area contributed by atoms with Gasteiger partial charge in [0.2, 0.25) is 0 Å². The first kappa shape index (κ1) is 43.6. The van der Waals surface area contributed by atoms with E-state index in [1.165, 1.54) is 179 Å². The van der Waals surface area contributed by atoms with Crippen LogP contribution in [0.2, 0.25) is 0 Å². The van der Waals surface area contributed by atoms with E-state index in [0.717, 1.165) is 25.7 Å². The highest BCUT2D eigenvalue weighted by atomic mass is 16.6. The summed E-state index contributed by atoms with van der Waals surface area (Å²) in [7, 11) is 0. The molecule has 0 unspecified atom stereocenters. The molecule has 0 radical (unpaired) electrons. The van der Waals surface area contributed by atoms with Gasteiger partial charge in [0.05, 0.1) is 4.92 Å². The minimum atomic E-state index is -0.432. The van der Waals surface area contributed by atoms with E-state index in [4.69, 9.17) is 0 Å². The summed E-state index contributed by atoms with van der Waals surface area (Å²) in [5, 5.41) is 11.1. The van der Waals surface area contributed by atoms with Crippen LogP contribution in [0.4, 0.5) is 5.69 Å². The van der Waals surface area contributed by atoms with Gasteiger partial charge in [-0.15, -0.1) is 0 Å². The number of allylic oxidation sites excluding steroid dienone is 2. The Labute approximate surface area is 296 Å². The molecule has 0 saturated carbocycles. The molecule has 1 rings (SSSR count). The highest BCUT2D eigenvalue weighted by Gasteiger charge is 2.13. The molecule has 0 aromatic heterocycles. The van der Waals surface area contributed by atoms with Crippen molar-refractivity contribution in [3.8, 4) is 0 Å². The van der Waals surface area contributed by atoms with Crippen LogP contribution in [0.1, 0.15) is 217 Å². The molecule has 1 aromatic rings. The van der Waals surface area contributed by atoms with Crippen molar-refractivity contribution in [3.63, 3.8) is 0 Å². The van der Waals surface area contributed by atoms with Gasteiger partial charge in [-0.2, -0.15) is 0 Å². The number of hydrogen-bond acceptors (Lipinski definition) is 3. The number of hydrogen-bond donors (Lipinski definition) is 0. The van der Waals surface area contributed by atoms with E-state index in [9.17, 15) is 14.9 Å². The smallest absolute Gasteiger partial charge is 0.269 e. The highest BCUT2D eigenvalue weighted by Crippen LogP contribution is 2.17. The third-order valence-electron chi connectivity index (χ3n) is 9.54. The van der Waals surface area contributed by atoms with E-state index < -0.39 is 4.92 Å². The van der Waals surface area contributed by atoms with E-state index >= 15 is 0 Å². The second-order valence-corrected chi connectivity index (χ2v) is 14.1. The zero-order valence-corrected chi connectivity index (χ0v) is 31.5. The van der Waals surface area contributed by atoms with Gasteiger partial charge in [0.1, 0.15) is 0 Å². The van der Waals surface area contributed by atoms with Gasteiger partial charge in [-0.25, -0.2) is 0 Å². The fraction of sp³-hybridized carbons (Fsp3) is 0.744. The Balaban J connectivity index is 2.28. The fourth-order valence-electron chi connectivity index (χ4n) is 6.35. The summed E-state index contributed by atoms with van der Waals surface area (Å²) in [5.41, 5.74) is 0.461. The molecular weight excluding hydrogens is 592 g/mol. The maximum absolute atomic E-state index is 13.3. The van der Waals surface area contributed by atoms with Crippen molar-refractivity contribution in [2.45, 2.75) is 206 Å². The molecule has 0 N–H and O–H groups in total. The molecule has 0 aliphatic carbocycles. The molecule has 0 heterocycles. The summed E-state index contributed by atoms with van der Waals surface area (Å²) in [6.45, 7) is 4.56. The topological polar surface area (TPSA) is 63.5 Å². The van der Waals surface area contributed by atoms with Gasteiger partial charge in [-0.1, -0.05) is 193 Å². The molecule has 0 aliphatic rings. The van der Waals surface area contributed by atoms with Gasteiger partial charge in [-0.3, -0.25) is 19.8 Å². The minimum absolute atomic E-state index is 0.000191. The molecule has 48 heavy (non-hydrogen) atoms. The van der Waals surface area contributed by atoms with Crippen molar-refractivity contribution < 1.29 is 9.72 Å². The number of carbonyl (C=O) groups excluding carboxylic acids is 1. The predicted molar refractivity (Wildman–Crippen MR) is 207 cm³/mol. The Bertz CT molecular complexity index is 898. The lowest BCUT2D eigenvalue weighted by molar-refractivity contribution is -0.384. The third kappa shape index (κ3) is 25.6. The van der Waals surface area contributed by atoms with E-state index in [1.54, 1.807) is 17.0 Å². The lowest BCUT2D eigenvalue weighted by atomic mass is 10.0. The molecule has 0 spiro atoms. The lowest BCUT2D eigenvalue weighted by Crippen LogP contribution is -2.20. The number of nitro benzene ring substituents is 1. The number of amides is 1. The van der Waals surface area contributed by atoms with Crippen LogP contribution in [0.5, 0.6) is 0 Å². The van der Waals surface area contributed by atoms with Gasteiger partial charge < -0.3 is 0 Å². The Morgan fingerprint density at radius 2 is 0.812 bits per heavy atom. The summed E-state index contributed by atoms with van der Waals surface area (Å²) in [5.74, 6) is -0.153. The van der Waals surface area contributed by atoms with Crippen LogP contribution in [0, 0.1) is 10.1 Å². The minimum Gasteiger partial charge on any atom is -0.291 e. The number of benzene rings is 1. The average Bonchev–Trinajstić information content (AvgIpc) is 3.10. The highest BCUT2D eigenvalue weighted by molar-refractivity contribution is 5.95. The molecule has 0 aliphatic heterocycles. The number of non-ortho nitro benzene ring substituents is 1. The van der Waals surface area contributed by atoms with E-state index in [0.29, 0.717) is 5.56 Å². The predicted octanol–water partition coefficient (Wildman–Crippen LogP) is 14.8. The zero-order chi connectivity index (χ0) is 34.8. The van der Waals surface area contributed by atoms with Crippen LogP contribution in [0.3, 0.4) is 0 Å². The monoisotopic (exact) mass is 667 g/mol. The van der Waals surface area contributed by atoms with Crippen molar-refractivity contribution in [2.75, 3.05) is 0 Å². The van der Waals surface area contributed by atoms with Crippen molar-refractivity contribution in [2.24, 2.45) is 0 Å². The Kier molecular flexibility index (Phi) is 30.0. The van der Waals surface area contributed by atoms with Crippen molar-refractivity contribution in [1.82, 2.24) is 4.90 Å². The molecular formula is C43H74N2O3. The Morgan fingerprint density at radius 1 is 0.521 bits per heavy atom. The summed E-state index contributed by atoms with van der Waals surface area (Å²) >= 11 is 0. The van der Waals surface area contributed by atoms with E-state index in [2.05, 4.69) is 26.0 Å². The van der Waals surface area contributed by atoms with Gasteiger partial charge >= 0.3 is 0 Å². The molecule has 1 amide bonds. The Morgan fingerprint density at radius 3 is 1.10 bits per heavy atom. The summed E-state index contributed by atoms with van der Waals surface area (Å²) in [6.07, 6.45) is 47.6. The maximum atomic E-state index is 13.3. The van der Waals surface area contributed by atoms with Gasteiger partial charge in [0, 0.05) is 30.1 Å². The van der Waals surface area contributed by atoms with Crippen LogP contribution in [0.15, 0.2) is 48.8 Å². The molecule has 5 heteroatoms. The van der Waals surface area contributed by atoms with Gasteiger partial charge in [-0.05, 0) is 37.8 Å². The second-order valence-electron chi connectivity index (χ2n) is 14.1. The molecule has 0 bridgehead atoms. The fourth-order valence-corrected chi connectivity index (χ4v) is 6.35. The van der Waals surface area contributed by atoms with E-state index in [1.807, 2.05) is 12.4 Å². The van der Waals surface area contributed by atoms with Crippen molar-refractivity contribution in [3.05, 3.63) is 64.5 Å². The molecule has 274 valence electrons. The summed E-state index contributed by atoms with van der Waals surface area (Å²) in [4.78, 5) is 25.5. The molecule has 1 aromatic carbocycles. The second kappa shape index (κ2) is 33.1. The quantitative estimate of drug-likeness (QED) is 0.0418.